The lowest BCUT2D eigenvalue weighted by Crippen LogP contribution is -2.43. The molecule has 112 valence electrons. The van der Waals surface area contributed by atoms with Crippen molar-refractivity contribution in [1.82, 2.24) is 14.5 Å². The number of carboxylic acid groups (broad SMARTS) is 1. The Kier molecular flexibility index (Phi) is 5.14. The van der Waals surface area contributed by atoms with Crippen LogP contribution < -0.4 is 0 Å². The third kappa shape index (κ3) is 3.19. The van der Waals surface area contributed by atoms with Crippen LogP contribution >= 0.6 is 0 Å². The van der Waals surface area contributed by atoms with Gasteiger partial charge in [-0.25, -0.2) is 4.98 Å². The summed E-state index contributed by atoms with van der Waals surface area (Å²) in [6.45, 7) is 7.46. The predicted octanol–water partition coefficient (Wildman–Crippen LogP) is 1.21. The number of nitrogens with zero attached hydrogens (tertiary/aromatic N) is 3. The second-order valence-electron chi connectivity index (χ2n) is 5.19. The Morgan fingerprint density at radius 2 is 2.35 bits per heavy atom. The van der Waals surface area contributed by atoms with Gasteiger partial charge in [0.15, 0.2) is 0 Å². The van der Waals surface area contributed by atoms with Gasteiger partial charge in [0.1, 0.15) is 0 Å². The smallest absolute Gasteiger partial charge is 0.310 e. The van der Waals surface area contributed by atoms with Crippen LogP contribution in [0.3, 0.4) is 0 Å². The lowest BCUT2D eigenvalue weighted by molar-refractivity contribution is -0.143. The third-order valence-corrected chi connectivity index (χ3v) is 3.85. The average molecular weight is 281 g/mol. The molecule has 0 bridgehead atoms. The van der Waals surface area contributed by atoms with E-state index in [2.05, 4.69) is 28.3 Å². The van der Waals surface area contributed by atoms with Crippen LogP contribution in [-0.2, 0) is 22.6 Å². The lowest BCUT2D eigenvalue weighted by atomic mass is 10.0. The van der Waals surface area contributed by atoms with E-state index in [1.165, 1.54) is 0 Å². The zero-order valence-electron chi connectivity index (χ0n) is 12.2. The number of aryl methyl sites for hydroxylation is 1. The Bertz CT molecular complexity index is 447. The molecule has 6 nitrogen and oxygen atoms in total. The molecular formula is C14H23N3O3. The minimum Gasteiger partial charge on any atom is -0.481 e. The van der Waals surface area contributed by atoms with Gasteiger partial charge in [0.2, 0.25) is 0 Å². The van der Waals surface area contributed by atoms with E-state index in [1.807, 2.05) is 12.5 Å². The summed E-state index contributed by atoms with van der Waals surface area (Å²) in [5.74, 6) is -1.20. The lowest BCUT2D eigenvalue weighted by Gasteiger charge is -2.30. The highest BCUT2D eigenvalue weighted by atomic mass is 16.5. The van der Waals surface area contributed by atoms with E-state index in [0.717, 1.165) is 31.7 Å². The van der Waals surface area contributed by atoms with Crippen molar-refractivity contribution in [2.45, 2.75) is 39.4 Å². The minimum atomic E-state index is -0.766. The highest BCUT2D eigenvalue weighted by Gasteiger charge is 2.37. The number of hydrogen-bond donors (Lipinski definition) is 1. The van der Waals surface area contributed by atoms with Gasteiger partial charge in [-0.15, -0.1) is 0 Å². The van der Waals surface area contributed by atoms with Gasteiger partial charge >= 0.3 is 5.97 Å². The second kappa shape index (κ2) is 6.85. The third-order valence-electron chi connectivity index (χ3n) is 3.85. The fourth-order valence-electron chi connectivity index (χ4n) is 2.76. The van der Waals surface area contributed by atoms with Crippen LogP contribution in [0.2, 0.25) is 0 Å². The summed E-state index contributed by atoms with van der Waals surface area (Å²) in [6, 6.07) is -0.0485. The number of rotatable bonds is 7. The molecule has 2 rings (SSSR count). The Balaban J connectivity index is 2.12. The van der Waals surface area contributed by atoms with Gasteiger partial charge in [-0.3, -0.25) is 9.69 Å². The first-order valence-electron chi connectivity index (χ1n) is 7.21. The maximum Gasteiger partial charge on any atom is 0.310 e. The Morgan fingerprint density at radius 3 is 3.00 bits per heavy atom. The molecular weight excluding hydrogens is 258 g/mol. The van der Waals surface area contributed by atoms with E-state index < -0.39 is 11.9 Å². The molecule has 1 N–H and O–H groups in total. The molecule has 1 aliphatic rings. The Hall–Kier alpha value is -1.40. The minimum absolute atomic E-state index is 0.0485. The van der Waals surface area contributed by atoms with Crippen molar-refractivity contribution in [1.29, 1.82) is 0 Å². The van der Waals surface area contributed by atoms with Crippen LogP contribution in [0.5, 0.6) is 0 Å². The second-order valence-corrected chi connectivity index (χ2v) is 5.19. The molecule has 0 aliphatic carbocycles. The molecule has 0 amide bonds. The number of carbonyl (C=O) groups is 1. The van der Waals surface area contributed by atoms with Crippen LogP contribution in [0.25, 0.3) is 0 Å². The largest absolute Gasteiger partial charge is 0.481 e. The molecule has 0 spiro atoms. The van der Waals surface area contributed by atoms with E-state index in [-0.39, 0.29) is 6.04 Å². The maximum atomic E-state index is 11.3. The van der Waals surface area contributed by atoms with Crippen molar-refractivity contribution < 1.29 is 14.6 Å². The van der Waals surface area contributed by atoms with Crippen molar-refractivity contribution in [2.75, 3.05) is 19.8 Å². The normalized spacial score (nSPS) is 22.6. The quantitative estimate of drug-likeness (QED) is 0.814. The summed E-state index contributed by atoms with van der Waals surface area (Å²) < 4.78 is 7.48. The molecule has 1 aromatic heterocycles. The van der Waals surface area contributed by atoms with Gasteiger partial charge < -0.3 is 14.4 Å². The standard InChI is InChI=1S/C14H23N3O3/c1-3-5-17(7-11-6-15-10-16(11)4-2)13-9-20-8-12(13)14(18)19/h6,10,12-13H,3-5,7-9H2,1-2H3,(H,18,19). The van der Waals surface area contributed by atoms with E-state index >= 15 is 0 Å². The zero-order valence-corrected chi connectivity index (χ0v) is 12.2. The summed E-state index contributed by atoms with van der Waals surface area (Å²) in [5, 5.41) is 9.30. The number of hydrogen-bond acceptors (Lipinski definition) is 4. The van der Waals surface area contributed by atoms with Crippen molar-refractivity contribution in [3.05, 3.63) is 18.2 Å². The van der Waals surface area contributed by atoms with Gasteiger partial charge in [-0.05, 0) is 19.9 Å². The van der Waals surface area contributed by atoms with E-state index in [1.54, 1.807) is 0 Å². The molecule has 0 aromatic carbocycles. The van der Waals surface area contributed by atoms with Gasteiger partial charge in [-0.2, -0.15) is 0 Å². The van der Waals surface area contributed by atoms with Crippen molar-refractivity contribution >= 4 is 5.97 Å². The number of carboxylic acids is 1. The zero-order chi connectivity index (χ0) is 14.5. The number of ether oxygens (including phenoxy) is 1. The molecule has 2 heterocycles. The molecule has 6 heteroatoms. The van der Waals surface area contributed by atoms with Gasteiger partial charge in [0, 0.05) is 25.3 Å². The van der Waals surface area contributed by atoms with Crippen LogP contribution in [0.4, 0.5) is 0 Å². The molecule has 2 unspecified atom stereocenters. The SMILES string of the molecule is CCCN(Cc1cncn1CC)C1COCC1C(=O)O. The summed E-state index contributed by atoms with van der Waals surface area (Å²) in [7, 11) is 0. The molecule has 1 aromatic rings. The van der Waals surface area contributed by atoms with Crippen molar-refractivity contribution in [3.8, 4) is 0 Å². The molecule has 2 atom stereocenters. The van der Waals surface area contributed by atoms with Crippen molar-refractivity contribution in [2.24, 2.45) is 5.92 Å². The van der Waals surface area contributed by atoms with E-state index in [4.69, 9.17) is 4.74 Å². The first-order chi connectivity index (χ1) is 9.67. The van der Waals surface area contributed by atoms with Crippen LogP contribution in [-0.4, -0.2) is 51.3 Å². The summed E-state index contributed by atoms with van der Waals surface area (Å²) in [5.41, 5.74) is 1.12. The highest BCUT2D eigenvalue weighted by molar-refractivity contribution is 5.71. The van der Waals surface area contributed by atoms with Crippen LogP contribution in [0.1, 0.15) is 26.0 Å². The number of imidazole rings is 1. The fraction of sp³-hybridized carbons (Fsp3) is 0.714. The Labute approximate surface area is 119 Å². The van der Waals surface area contributed by atoms with E-state index in [0.29, 0.717) is 13.2 Å². The molecule has 1 saturated heterocycles. The summed E-state index contributed by atoms with van der Waals surface area (Å²) >= 11 is 0. The average Bonchev–Trinajstić information content (AvgIpc) is 3.06. The molecule has 0 radical (unpaired) electrons. The van der Waals surface area contributed by atoms with E-state index in [9.17, 15) is 9.90 Å². The monoisotopic (exact) mass is 281 g/mol. The van der Waals surface area contributed by atoms with Crippen LogP contribution in [0, 0.1) is 5.92 Å². The first-order valence-corrected chi connectivity index (χ1v) is 7.21. The first kappa shape index (κ1) is 15.0. The highest BCUT2D eigenvalue weighted by Crippen LogP contribution is 2.22. The fourth-order valence-corrected chi connectivity index (χ4v) is 2.76. The van der Waals surface area contributed by atoms with Crippen LogP contribution in [0.15, 0.2) is 12.5 Å². The Morgan fingerprint density at radius 1 is 1.55 bits per heavy atom. The summed E-state index contributed by atoms with van der Waals surface area (Å²) in [4.78, 5) is 17.7. The van der Waals surface area contributed by atoms with Crippen molar-refractivity contribution in [3.63, 3.8) is 0 Å². The molecule has 1 aliphatic heterocycles. The van der Waals surface area contributed by atoms with Gasteiger partial charge in [0.05, 0.1) is 31.2 Å². The van der Waals surface area contributed by atoms with Gasteiger partial charge in [-0.1, -0.05) is 6.92 Å². The number of aliphatic carboxylic acids is 1. The number of aromatic nitrogens is 2. The maximum absolute atomic E-state index is 11.3. The molecule has 20 heavy (non-hydrogen) atoms. The molecule has 1 fully saturated rings. The molecule has 0 saturated carbocycles. The topological polar surface area (TPSA) is 67.6 Å². The summed E-state index contributed by atoms with van der Waals surface area (Å²) in [6.07, 6.45) is 4.67. The predicted molar refractivity (Wildman–Crippen MR) is 74.3 cm³/mol. The van der Waals surface area contributed by atoms with Gasteiger partial charge in [0.25, 0.3) is 0 Å².